The first-order valence-corrected chi connectivity index (χ1v) is 12.3. The van der Waals surface area contributed by atoms with E-state index >= 15 is 0 Å². The van der Waals surface area contributed by atoms with Crippen LogP contribution in [0.1, 0.15) is 12.1 Å². The lowest BCUT2D eigenvalue weighted by Gasteiger charge is -2.34. The second-order valence-corrected chi connectivity index (χ2v) is 9.43. The average molecular weight is 502 g/mol. The number of carbonyl (C=O) groups excluding carboxylic acids is 1. The molecule has 0 saturated heterocycles. The highest BCUT2D eigenvalue weighted by Crippen LogP contribution is 2.30. The number of benzene rings is 1. The van der Waals surface area contributed by atoms with Crippen molar-refractivity contribution in [2.75, 3.05) is 46.7 Å². The number of aromatic amines is 1. The molecule has 3 aromatic rings. The summed E-state index contributed by atoms with van der Waals surface area (Å²) in [5, 5.41) is 7.43. The Morgan fingerprint density at radius 1 is 1.24 bits per heavy atom. The van der Waals surface area contributed by atoms with Crippen LogP contribution in [0.15, 0.2) is 72.4 Å². The number of fused-ring (bicyclic) bond motifs is 1. The minimum Gasteiger partial charge on any atom is -0.499 e. The molecule has 0 radical (unpaired) electrons. The smallest absolute Gasteiger partial charge is 0.247 e. The predicted octanol–water partition coefficient (Wildman–Crippen LogP) is 3.66. The number of nitrogens with zero attached hydrogens (tertiary/aromatic N) is 4. The molecule has 9 nitrogen and oxygen atoms in total. The first-order chi connectivity index (χ1) is 17.8. The highest BCUT2D eigenvalue weighted by molar-refractivity contribution is 5.94. The summed E-state index contributed by atoms with van der Waals surface area (Å²) in [7, 11) is 7.79. The predicted molar refractivity (Wildman–Crippen MR) is 148 cm³/mol. The molecule has 1 atom stereocenters. The Labute approximate surface area is 217 Å². The summed E-state index contributed by atoms with van der Waals surface area (Å²) < 4.78 is 5.79. The van der Waals surface area contributed by atoms with E-state index in [0.29, 0.717) is 18.1 Å². The van der Waals surface area contributed by atoms with E-state index in [4.69, 9.17) is 9.72 Å². The van der Waals surface area contributed by atoms with Crippen molar-refractivity contribution in [3.05, 3.63) is 78.1 Å². The fourth-order valence-corrected chi connectivity index (χ4v) is 4.41. The van der Waals surface area contributed by atoms with Crippen molar-refractivity contribution >= 4 is 22.8 Å². The zero-order valence-electron chi connectivity index (χ0n) is 22.1. The number of rotatable bonds is 10. The third kappa shape index (κ3) is 6.07. The van der Waals surface area contributed by atoms with Crippen LogP contribution in [0.4, 0.5) is 5.95 Å². The van der Waals surface area contributed by atoms with Gasteiger partial charge in [0.2, 0.25) is 11.9 Å². The van der Waals surface area contributed by atoms with E-state index in [1.54, 1.807) is 7.11 Å². The van der Waals surface area contributed by atoms with E-state index in [1.807, 2.05) is 64.6 Å². The SMILES string of the molecule is C=CC(=O)NC1=CC(Nc2nc(C)cc(-c3c[nH]c4ccccc34)n2)=C(OC)CC1N(C)CCN(C)C. The van der Waals surface area contributed by atoms with Crippen LogP contribution in [0.2, 0.25) is 0 Å². The first-order valence-electron chi connectivity index (χ1n) is 12.3. The Morgan fingerprint density at radius 2 is 2.03 bits per heavy atom. The van der Waals surface area contributed by atoms with Gasteiger partial charge in [0, 0.05) is 53.6 Å². The molecular weight excluding hydrogens is 466 g/mol. The van der Waals surface area contributed by atoms with Gasteiger partial charge in [0.1, 0.15) is 5.76 Å². The maximum Gasteiger partial charge on any atom is 0.247 e. The molecule has 1 aliphatic rings. The van der Waals surface area contributed by atoms with Gasteiger partial charge in [-0.15, -0.1) is 0 Å². The van der Waals surface area contributed by atoms with Gasteiger partial charge in [-0.05, 0) is 52.4 Å². The van der Waals surface area contributed by atoms with Gasteiger partial charge in [0.05, 0.1) is 24.5 Å². The number of para-hydroxylation sites is 1. The number of likely N-dealkylation sites (N-methyl/N-ethyl adjacent to an activating group) is 2. The zero-order chi connectivity index (χ0) is 26.5. The molecule has 1 aliphatic carbocycles. The molecule has 0 spiro atoms. The lowest BCUT2D eigenvalue weighted by atomic mass is 9.99. The van der Waals surface area contributed by atoms with Gasteiger partial charge in [0.15, 0.2) is 0 Å². The van der Waals surface area contributed by atoms with Crippen molar-refractivity contribution < 1.29 is 9.53 Å². The molecule has 0 saturated carbocycles. The molecule has 37 heavy (non-hydrogen) atoms. The minimum absolute atomic E-state index is 0.0652. The number of aryl methyl sites for hydroxylation is 1. The molecular formula is C28H35N7O2. The number of carbonyl (C=O) groups is 1. The largest absolute Gasteiger partial charge is 0.499 e. The number of ether oxygens (including phenoxy) is 1. The Kier molecular flexibility index (Phi) is 8.05. The molecule has 4 rings (SSSR count). The van der Waals surface area contributed by atoms with Crippen molar-refractivity contribution in [3.63, 3.8) is 0 Å². The monoisotopic (exact) mass is 501 g/mol. The summed E-state index contributed by atoms with van der Waals surface area (Å²) in [4.78, 5) is 29.4. The maximum absolute atomic E-state index is 12.3. The van der Waals surface area contributed by atoms with Crippen LogP contribution in [-0.2, 0) is 9.53 Å². The Morgan fingerprint density at radius 3 is 2.76 bits per heavy atom. The summed E-state index contributed by atoms with van der Waals surface area (Å²) in [6.07, 6.45) is 5.72. The summed E-state index contributed by atoms with van der Waals surface area (Å²) in [5.41, 5.74) is 5.17. The van der Waals surface area contributed by atoms with Crippen LogP contribution < -0.4 is 10.6 Å². The van der Waals surface area contributed by atoms with E-state index in [-0.39, 0.29) is 11.9 Å². The number of hydrogen-bond acceptors (Lipinski definition) is 7. The zero-order valence-corrected chi connectivity index (χ0v) is 22.1. The van der Waals surface area contributed by atoms with Crippen LogP contribution in [0.3, 0.4) is 0 Å². The van der Waals surface area contributed by atoms with E-state index in [2.05, 4.69) is 43.0 Å². The van der Waals surface area contributed by atoms with E-state index < -0.39 is 0 Å². The van der Waals surface area contributed by atoms with Crippen molar-refractivity contribution in [2.24, 2.45) is 0 Å². The van der Waals surface area contributed by atoms with E-state index in [9.17, 15) is 4.79 Å². The maximum atomic E-state index is 12.3. The normalized spacial score (nSPS) is 15.8. The highest BCUT2D eigenvalue weighted by atomic mass is 16.5. The van der Waals surface area contributed by atoms with Crippen molar-refractivity contribution in [2.45, 2.75) is 19.4 Å². The second kappa shape index (κ2) is 11.4. The van der Waals surface area contributed by atoms with Crippen molar-refractivity contribution in [3.8, 4) is 11.3 Å². The van der Waals surface area contributed by atoms with E-state index in [0.717, 1.165) is 52.4 Å². The number of H-pyrrole nitrogens is 1. The van der Waals surface area contributed by atoms with Gasteiger partial charge in [-0.1, -0.05) is 24.8 Å². The van der Waals surface area contributed by atoms with Gasteiger partial charge >= 0.3 is 0 Å². The molecule has 2 heterocycles. The molecule has 0 fully saturated rings. The molecule has 9 heteroatoms. The Hall–Kier alpha value is -3.95. The molecule has 2 aromatic heterocycles. The van der Waals surface area contributed by atoms with Crippen LogP contribution in [-0.4, -0.2) is 78.0 Å². The third-order valence-corrected chi connectivity index (χ3v) is 6.44. The molecule has 0 bridgehead atoms. The number of nitrogens with one attached hydrogen (secondary N) is 3. The number of methoxy groups -OCH3 is 1. The van der Waals surface area contributed by atoms with Crippen LogP contribution in [0.5, 0.6) is 0 Å². The average Bonchev–Trinajstić information content (AvgIpc) is 3.31. The van der Waals surface area contributed by atoms with E-state index in [1.165, 1.54) is 6.08 Å². The van der Waals surface area contributed by atoms with Crippen LogP contribution >= 0.6 is 0 Å². The third-order valence-electron chi connectivity index (χ3n) is 6.44. The lowest BCUT2D eigenvalue weighted by Crippen LogP contribution is -2.44. The topological polar surface area (TPSA) is 98.4 Å². The summed E-state index contributed by atoms with van der Waals surface area (Å²) in [6.45, 7) is 7.26. The molecule has 194 valence electrons. The van der Waals surface area contributed by atoms with Crippen molar-refractivity contribution in [1.82, 2.24) is 30.1 Å². The molecule has 3 N–H and O–H groups in total. The number of allylic oxidation sites excluding steroid dienone is 1. The lowest BCUT2D eigenvalue weighted by molar-refractivity contribution is -0.116. The van der Waals surface area contributed by atoms with Gasteiger partial charge in [0.25, 0.3) is 0 Å². The Bertz CT molecular complexity index is 1360. The molecule has 0 aliphatic heterocycles. The highest BCUT2D eigenvalue weighted by Gasteiger charge is 2.29. The van der Waals surface area contributed by atoms with Gasteiger partial charge in [-0.25, -0.2) is 9.97 Å². The summed E-state index contributed by atoms with van der Waals surface area (Å²) in [5.74, 6) is 0.956. The first kappa shape index (κ1) is 26.1. The fourth-order valence-electron chi connectivity index (χ4n) is 4.41. The van der Waals surface area contributed by atoms with Crippen LogP contribution in [0.25, 0.3) is 22.2 Å². The molecule has 1 amide bonds. The number of aromatic nitrogens is 3. The Balaban J connectivity index is 1.67. The molecule has 1 unspecified atom stereocenters. The second-order valence-electron chi connectivity index (χ2n) is 9.43. The van der Waals surface area contributed by atoms with Gasteiger partial charge < -0.3 is 25.3 Å². The molecule has 1 aromatic carbocycles. The number of anilines is 1. The standard InChI is InChI=1S/C28H35N7O2/c1-7-27(36)31-23-15-24(26(37-6)16-25(23)35(5)13-12-34(3)4)33-28-30-18(2)14-22(32-28)20-17-29-21-11-9-8-10-19(20)21/h7-11,14-15,17,25,29H,1,12-13,16H2,2-6H3,(H,31,36)(H,30,32,33). The van der Waals surface area contributed by atoms with Gasteiger partial charge in [-0.2, -0.15) is 0 Å². The number of amides is 1. The van der Waals surface area contributed by atoms with Crippen LogP contribution in [0, 0.1) is 6.92 Å². The quantitative estimate of drug-likeness (QED) is 0.365. The van der Waals surface area contributed by atoms with Gasteiger partial charge in [-0.3, -0.25) is 9.69 Å². The van der Waals surface area contributed by atoms with Crippen molar-refractivity contribution in [1.29, 1.82) is 0 Å². The fraction of sp³-hybridized carbons (Fsp3) is 0.321. The summed E-state index contributed by atoms with van der Waals surface area (Å²) >= 11 is 0. The minimum atomic E-state index is -0.258. The number of hydrogen-bond donors (Lipinski definition) is 3. The summed E-state index contributed by atoms with van der Waals surface area (Å²) in [6, 6.07) is 10.0.